The fraction of sp³-hybridized carbons (Fsp3) is 0.571. The highest BCUT2D eigenvalue weighted by molar-refractivity contribution is 5.71. The van der Waals surface area contributed by atoms with Gasteiger partial charge in [0.25, 0.3) is 0 Å². The first-order valence-corrected chi connectivity index (χ1v) is 27.3. The summed E-state index contributed by atoms with van der Waals surface area (Å²) in [6.07, 6.45) is 79.9. The van der Waals surface area contributed by atoms with Crippen LogP contribution < -0.4 is 0 Å². The van der Waals surface area contributed by atoms with Crippen LogP contribution in [-0.4, -0.2) is 37.2 Å². The second-order valence-corrected chi connectivity index (χ2v) is 17.4. The summed E-state index contributed by atoms with van der Waals surface area (Å²) in [5.74, 6) is -1.10. The molecule has 0 saturated heterocycles. The first-order valence-electron chi connectivity index (χ1n) is 27.3. The second kappa shape index (κ2) is 55.9. The Morgan fingerprint density at radius 2 is 0.609 bits per heavy atom. The van der Waals surface area contributed by atoms with Crippen LogP contribution in [0.25, 0.3) is 0 Å². The fourth-order valence-electron chi connectivity index (χ4n) is 6.79. The molecule has 0 spiro atoms. The highest BCUT2D eigenvalue weighted by Gasteiger charge is 2.19. The van der Waals surface area contributed by atoms with Crippen molar-refractivity contribution in [2.24, 2.45) is 0 Å². The summed E-state index contributed by atoms with van der Waals surface area (Å²) < 4.78 is 16.7. The second-order valence-electron chi connectivity index (χ2n) is 17.4. The van der Waals surface area contributed by atoms with Crippen molar-refractivity contribution in [1.29, 1.82) is 0 Å². The summed E-state index contributed by atoms with van der Waals surface area (Å²) in [4.78, 5) is 38.0. The van der Waals surface area contributed by atoms with Gasteiger partial charge in [-0.1, -0.05) is 218 Å². The Bertz CT molecular complexity index is 1560. The Hall–Kier alpha value is -4.71. The van der Waals surface area contributed by atoms with Gasteiger partial charge >= 0.3 is 17.9 Å². The van der Waals surface area contributed by atoms with Crippen molar-refractivity contribution in [1.82, 2.24) is 0 Å². The van der Waals surface area contributed by atoms with Crippen LogP contribution in [0.2, 0.25) is 0 Å². The van der Waals surface area contributed by atoms with Gasteiger partial charge in [-0.25, -0.2) is 0 Å². The number of unbranched alkanes of at least 4 members (excludes halogenated alkanes) is 12. The maximum Gasteiger partial charge on any atom is 0.306 e. The molecule has 0 fully saturated rings. The highest BCUT2D eigenvalue weighted by Crippen LogP contribution is 2.12. The van der Waals surface area contributed by atoms with Crippen LogP contribution in [0.3, 0.4) is 0 Å². The summed E-state index contributed by atoms with van der Waals surface area (Å²) in [5, 5.41) is 0. The third-order valence-electron chi connectivity index (χ3n) is 10.8. The molecule has 1 atom stereocenters. The van der Waals surface area contributed by atoms with Crippen molar-refractivity contribution in [2.75, 3.05) is 13.2 Å². The first kappa shape index (κ1) is 64.3. The summed E-state index contributed by atoms with van der Waals surface area (Å²) in [5.41, 5.74) is 0. The molecule has 6 heteroatoms. The molecule has 0 amide bonds. The average molecular weight is 951 g/mol. The largest absolute Gasteiger partial charge is 0.462 e. The zero-order chi connectivity index (χ0) is 50.0. The third-order valence-corrected chi connectivity index (χ3v) is 10.8. The lowest BCUT2D eigenvalue weighted by Gasteiger charge is -2.18. The molecule has 0 bridgehead atoms. The average Bonchev–Trinajstić information content (AvgIpc) is 3.35. The number of carbonyl (C=O) groups is 3. The minimum Gasteiger partial charge on any atom is -0.462 e. The van der Waals surface area contributed by atoms with E-state index in [0.29, 0.717) is 12.8 Å². The molecule has 69 heavy (non-hydrogen) atoms. The summed E-state index contributed by atoms with van der Waals surface area (Å²) in [7, 11) is 0. The molecule has 0 rings (SSSR count). The third kappa shape index (κ3) is 54.1. The molecule has 0 aliphatic rings. The first-order chi connectivity index (χ1) is 34.0. The molecule has 386 valence electrons. The Morgan fingerprint density at radius 1 is 0.304 bits per heavy atom. The molecule has 0 aromatic carbocycles. The van der Waals surface area contributed by atoms with Gasteiger partial charge in [0, 0.05) is 19.3 Å². The standard InChI is InChI=1S/C63H98O6/c1-4-7-10-13-16-19-22-25-28-30-31-33-36-38-41-44-47-50-53-56-62(65)68-59-60(69-63(66)57-54-51-48-45-42-39-34-27-24-21-18-15-12-9-6-3)58-67-61(64)55-52-49-46-43-40-37-35-32-29-26-23-20-17-14-11-8-5-2/h7-8,10-11,16-17,19-20,25-29,31,33-35,37-38,41,43,46-47,50,60H,4-6,9,12-15,18,21-24,30,32,36,39-40,42,44-45,48-49,51-59H2,1-3H3. The lowest BCUT2D eigenvalue weighted by atomic mass is 10.1. The molecule has 6 nitrogen and oxygen atoms in total. The highest BCUT2D eigenvalue weighted by atomic mass is 16.6. The summed E-state index contributed by atoms with van der Waals surface area (Å²) in [6, 6.07) is 0. The van der Waals surface area contributed by atoms with E-state index in [-0.39, 0.29) is 50.4 Å². The van der Waals surface area contributed by atoms with E-state index >= 15 is 0 Å². The predicted octanol–water partition coefficient (Wildman–Crippen LogP) is 18.4. The summed E-state index contributed by atoms with van der Waals surface area (Å²) >= 11 is 0. The molecule has 0 saturated carbocycles. The molecule has 1 unspecified atom stereocenters. The molecule has 0 aliphatic heterocycles. The number of allylic oxidation sites excluding steroid dienone is 24. The van der Waals surface area contributed by atoms with Crippen LogP contribution in [0, 0.1) is 0 Å². The normalized spacial score (nSPS) is 13.3. The van der Waals surface area contributed by atoms with E-state index < -0.39 is 6.10 Å². The van der Waals surface area contributed by atoms with Gasteiger partial charge in [-0.3, -0.25) is 14.4 Å². The quantitative estimate of drug-likeness (QED) is 0.0262. The van der Waals surface area contributed by atoms with Crippen LogP contribution >= 0.6 is 0 Å². The van der Waals surface area contributed by atoms with Gasteiger partial charge in [-0.05, 0) is 122 Å². The topological polar surface area (TPSA) is 78.9 Å². The minimum atomic E-state index is -0.842. The number of hydrogen-bond acceptors (Lipinski definition) is 6. The Labute approximate surface area is 423 Å². The molecular formula is C63H98O6. The van der Waals surface area contributed by atoms with Gasteiger partial charge in [0.1, 0.15) is 13.2 Å². The van der Waals surface area contributed by atoms with Crippen LogP contribution in [0.5, 0.6) is 0 Å². The molecule has 0 aliphatic carbocycles. The van der Waals surface area contributed by atoms with Gasteiger partial charge in [0.05, 0.1) is 0 Å². The molecule has 0 aromatic heterocycles. The Kier molecular flexibility index (Phi) is 52.1. The number of ether oxygens (including phenoxy) is 3. The zero-order valence-corrected chi connectivity index (χ0v) is 44.0. The number of carbonyl (C=O) groups excluding carboxylic acids is 3. The number of rotatable bonds is 47. The molecular weight excluding hydrogens is 853 g/mol. The van der Waals surface area contributed by atoms with E-state index in [2.05, 4.69) is 154 Å². The smallest absolute Gasteiger partial charge is 0.306 e. The van der Waals surface area contributed by atoms with E-state index in [9.17, 15) is 14.4 Å². The van der Waals surface area contributed by atoms with E-state index in [0.717, 1.165) is 109 Å². The Balaban J connectivity index is 4.63. The van der Waals surface area contributed by atoms with Crippen LogP contribution in [0.1, 0.15) is 213 Å². The van der Waals surface area contributed by atoms with Crippen LogP contribution in [0.4, 0.5) is 0 Å². The predicted molar refractivity (Wildman–Crippen MR) is 297 cm³/mol. The lowest BCUT2D eigenvalue weighted by Crippen LogP contribution is -2.30. The van der Waals surface area contributed by atoms with Gasteiger partial charge in [-0.15, -0.1) is 0 Å². The van der Waals surface area contributed by atoms with Gasteiger partial charge < -0.3 is 14.2 Å². The van der Waals surface area contributed by atoms with E-state index in [1.165, 1.54) is 51.4 Å². The fourth-order valence-corrected chi connectivity index (χ4v) is 6.79. The van der Waals surface area contributed by atoms with Gasteiger partial charge in [0.2, 0.25) is 0 Å². The summed E-state index contributed by atoms with van der Waals surface area (Å²) in [6.45, 7) is 6.26. The monoisotopic (exact) mass is 951 g/mol. The molecule has 0 aromatic rings. The van der Waals surface area contributed by atoms with Gasteiger partial charge in [-0.2, -0.15) is 0 Å². The van der Waals surface area contributed by atoms with E-state index in [4.69, 9.17) is 14.2 Å². The van der Waals surface area contributed by atoms with E-state index in [1.807, 2.05) is 12.2 Å². The number of hydrogen-bond donors (Lipinski definition) is 0. The zero-order valence-electron chi connectivity index (χ0n) is 44.0. The lowest BCUT2D eigenvalue weighted by molar-refractivity contribution is -0.166. The van der Waals surface area contributed by atoms with Crippen molar-refractivity contribution < 1.29 is 28.6 Å². The van der Waals surface area contributed by atoms with Gasteiger partial charge in [0.15, 0.2) is 6.10 Å². The molecule has 0 heterocycles. The van der Waals surface area contributed by atoms with Crippen molar-refractivity contribution in [3.8, 4) is 0 Å². The maximum atomic E-state index is 12.8. The SMILES string of the molecule is CCC=CCC=CCC=CCC=CCC=CCC=CCCC(=O)OCC(COC(=O)CCCC=CCC=CCC=CCC=CCC=CCC)OC(=O)CCCCCCCC=CCCCCCCCC. The van der Waals surface area contributed by atoms with E-state index in [1.54, 1.807) is 0 Å². The van der Waals surface area contributed by atoms with Crippen molar-refractivity contribution in [2.45, 2.75) is 219 Å². The van der Waals surface area contributed by atoms with Crippen LogP contribution in [0.15, 0.2) is 146 Å². The van der Waals surface area contributed by atoms with Crippen LogP contribution in [-0.2, 0) is 28.6 Å². The maximum absolute atomic E-state index is 12.8. The van der Waals surface area contributed by atoms with Crippen molar-refractivity contribution in [3.63, 3.8) is 0 Å². The van der Waals surface area contributed by atoms with Crippen molar-refractivity contribution in [3.05, 3.63) is 146 Å². The molecule has 0 radical (unpaired) electrons. The minimum absolute atomic E-state index is 0.140. The van der Waals surface area contributed by atoms with Crippen molar-refractivity contribution >= 4 is 17.9 Å². The molecule has 0 N–H and O–H groups in total. The Morgan fingerprint density at radius 3 is 1.03 bits per heavy atom. The number of esters is 3.